The number of phenolic OH excluding ortho intramolecular Hbond substituents is 1. The molecule has 0 aliphatic rings. The van der Waals surface area contributed by atoms with Crippen molar-refractivity contribution >= 4 is 11.7 Å². The summed E-state index contributed by atoms with van der Waals surface area (Å²) in [5.74, 6) is 0.220. The van der Waals surface area contributed by atoms with Crippen LogP contribution in [0.15, 0.2) is 54.6 Å². The topological polar surface area (TPSA) is 52.6 Å². The van der Waals surface area contributed by atoms with Gasteiger partial charge in [0, 0.05) is 12.7 Å². The first-order chi connectivity index (χ1) is 9.58. The summed E-state index contributed by atoms with van der Waals surface area (Å²) in [6.07, 6.45) is 0. The average molecular weight is 270 g/mol. The molecule has 2 amide bonds. The van der Waals surface area contributed by atoms with E-state index in [4.69, 9.17) is 0 Å². The van der Waals surface area contributed by atoms with Crippen LogP contribution < -0.4 is 5.32 Å². The maximum Gasteiger partial charge on any atom is 0.322 e. The van der Waals surface area contributed by atoms with Crippen LogP contribution in [0.5, 0.6) is 5.75 Å². The molecule has 0 saturated heterocycles. The molecule has 0 aliphatic carbocycles. The van der Waals surface area contributed by atoms with Crippen LogP contribution in [0.3, 0.4) is 0 Å². The number of benzene rings is 2. The summed E-state index contributed by atoms with van der Waals surface area (Å²) in [6, 6.07) is 15.9. The number of hydrogen-bond donors (Lipinski definition) is 2. The van der Waals surface area contributed by atoms with Crippen molar-refractivity contribution in [3.8, 4) is 5.75 Å². The van der Waals surface area contributed by atoms with E-state index in [1.807, 2.05) is 49.4 Å². The number of rotatable bonds is 3. The van der Waals surface area contributed by atoms with Gasteiger partial charge in [-0.3, -0.25) is 0 Å². The number of nitrogens with one attached hydrogen (secondary N) is 1. The minimum absolute atomic E-state index is 0.0840. The van der Waals surface area contributed by atoms with E-state index in [9.17, 15) is 9.90 Å². The summed E-state index contributed by atoms with van der Waals surface area (Å²) in [5.41, 5.74) is 1.73. The van der Waals surface area contributed by atoms with E-state index in [0.29, 0.717) is 0 Å². The van der Waals surface area contributed by atoms with Crippen molar-refractivity contribution in [2.45, 2.75) is 13.0 Å². The molecule has 2 aromatic carbocycles. The second-order valence-corrected chi connectivity index (χ2v) is 4.67. The van der Waals surface area contributed by atoms with E-state index < -0.39 is 0 Å². The average Bonchev–Trinajstić information content (AvgIpc) is 2.47. The van der Waals surface area contributed by atoms with Gasteiger partial charge in [-0.1, -0.05) is 30.3 Å². The molecule has 0 spiro atoms. The number of carbonyl (C=O) groups excluding carboxylic acids is 1. The lowest BCUT2D eigenvalue weighted by atomic mass is 10.1. The molecule has 1 unspecified atom stereocenters. The molecule has 0 fully saturated rings. The highest BCUT2D eigenvalue weighted by atomic mass is 16.3. The van der Waals surface area contributed by atoms with Gasteiger partial charge in [-0.05, 0) is 36.8 Å². The molecule has 104 valence electrons. The van der Waals surface area contributed by atoms with Crippen LogP contribution in [-0.4, -0.2) is 23.1 Å². The zero-order valence-corrected chi connectivity index (χ0v) is 11.6. The third-order valence-corrected chi connectivity index (χ3v) is 3.30. The van der Waals surface area contributed by atoms with Gasteiger partial charge in [0.05, 0.1) is 6.04 Å². The second-order valence-electron chi connectivity index (χ2n) is 4.67. The first kappa shape index (κ1) is 13.9. The van der Waals surface area contributed by atoms with Gasteiger partial charge < -0.3 is 15.3 Å². The van der Waals surface area contributed by atoms with Crippen LogP contribution in [-0.2, 0) is 0 Å². The second kappa shape index (κ2) is 6.10. The number of urea groups is 1. The third kappa shape index (κ3) is 3.29. The maximum absolute atomic E-state index is 12.2. The Morgan fingerprint density at radius 2 is 1.70 bits per heavy atom. The van der Waals surface area contributed by atoms with E-state index in [-0.39, 0.29) is 17.8 Å². The number of anilines is 1. The van der Waals surface area contributed by atoms with Crippen LogP contribution in [0.1, 0.15) is 18.5 Å². The predicted molar refractivity (Wildman–Crippen MR) is 79.7 cm³/mol. The number of hydrogen-bond acceptors (Lipinski definition) is 2. The summed E-state index contributed by atoms with van der Waals surface area (Å²) in [4.78, 5) is 13.8. The third-order valence-electron chi connectivity index (χ3n) is 3.30. The molecule has 1 atom stereocenters. The van der Waals surface area contributed by atoms with E-state index in [1.54, 1.807) is 24.1 Å². The lowest BCUT2D eigenvalue weighted by molar-refractivity contribution is 0.208. The van der Waals surface area contributed by atoms with Crippen LogP contribution in [0.4, 0.5) is 10.5 Å². The predicted octanol–water partition coefficient (Wildman–Crippen LogP) is 3.62. The Labute approximate surface area is 118 Å². The highest BCUT2D eigenvalue weighted by Gasteiger charge is 2.17. The van der Waals surface area contributed by atoms with Crippen molar-refractivity contribution in [3.63, 3.8) is 0 Å². The quantitative estimate of drug-likeness (QED) is 0.895. The number of phenols is 1. The van der Waals surface area contributed by atoms with Crippen molar-refractivity contribution in [2.24, 2.45) is 0 Å². The minimum atomic E-state index is -0.170. The van der Waals surface area contributed by atoms with Gasteiger partial charge in [0.25, 0.3) is 0 Å². The first-order valence-corrected chi connectivity index (χ1v) is 6.45. The van der Waals surface area contributed by atoms with Crippen LogP contribution in [0.25, 0.3) is 0 Å². The monoisotopic (exact) mass is 270 g/mol. The minimum Gasteiger partial charge on any atom is -0.508 e. The Morgan fingerprint density at radius 1 is 1.10 bits per heavy atom. The molecule has 4 nitrogen and oxygen atoms in total. The summed E-state index contributed by atoms with van der Waals surface area (Å²) in [5, 5.41) is 12.1. The van der Waals surface area contributed by atoms with E-state index in [1.165, 1.54) is 0 Å². The van der Waals surface area contributed by atoms with Gasteiger partial charge in [-0.2, -0.15) is 0 Å². The number of carbonyl (C=O) groups is 1. The summed E-state index contributed by atoms with van der Waals surface area (Å²) in [6.45, 7) is 1.94. The molecule has 2 rings (SSSR count). The highest BCUT2D eigenvalue weighted by Crippen LogP contribution is 2.21. The number of aromatic hydroxyl groups is 1. The summed E-state index contributed by atoms with van der Waals surface area (Å²) >= 11 is 0. The molecular weight excluding hydrogens is 252 g/mol. The fourth-order valence-electron chi connectivity index (χ4n) is 1.89. The number of amides is 2. The van der Waals surface area contributed by atoms with Gasteiger partial charge in [0.1, 0.15) is 5.75 Å². The highest BCUT2D eigenvalue weighted by molar-refractivity contribution is 5.89. The van der Waals surface area contributed by atoms with Crippen LogP contribution in [0.2, 0.25) is 0 Å². The lowest BCUT2D eigenvalue weighted by Crippen LogP contribution is -2.33. The van der Waals surface area contributed by atoms with Gasteiger partial charge in [-0.15, -0.1) is 0 Å². The van der Waals surface area contributed by atoms with E-state index in [2.05, 4.69) is 5.32 Å². The lowest BCUT2D eigenvalue weighted by Gasteiger charge is -2.25. The Balaban J connectivity index is 2.04. The van der Waals surface area contributed by atoms with Gasteiger partial charge in [0.2, 0.25) is 0 Å². The zero-order valence-electron chi connectivity index (χ0n) is 11.6. The standard InChI is InChI=1S/C16H18N2O2/c1-12(13-8-10-15(19)11-9-13)18(2)16(20)17-14-6-4-3-5-7-14/h3-12,19H,1-2H3,(H,17,20). The van der Waals surface area contributed by atoms with Gasteiger partial charge >= 0.3 is 6.03 Å². The van der Waals surface area contributed by atoms with Crippen molar-refractivity contribution in [1.29, 1.82) is 0 Å². The van der Waals surface area contributed by atoms with E-state index >= 15 is 0 Å². The molecule has 0 bridgehead atoms. The Morgan fingerprint density at radius 3 is 2.30 bits per heavy atom. The Hall–Kier alpha value is -2.49. The first-order valence-electron chi connectivity index (χ1n) is 6.45. The molecule has 2 aromatic rings. The fraction of sp³-hybridized carbons (Fsp3) is 0.188. The van der Waals surface area contributed by atoms with Crippen LogP contribution >= 0.6 is 0 Å². The molecule has 0 aromatic heterocycles. The molecule has 4 heteroatoms. The van der Waals surface area contributed by atoms with Gasteiger partial charge in [0.15, 0.2) is 0 Å². The molecular formula is C16H18N2O2. The van der Waals surface area contributed by atoms with Crippen molar-refractivity contribution < 1.29 is 9.90 Å². The molecule has 2 N–H and O–H groups in total. The Kier molecular flexibility index (Phi) is 4.25. The molecule has 0 radical (unpaired) electrons. The van der Waals surface area contributed by atoms with Crippen molar-refractivity contribution in [3.05, 3.63) is 60.2 Å². The summed E-state index contributed by atoms with van der Waals surface area (Å²) < 4.78 is 0. The fourth-order valence-corrected chi connectivity index (χ4v) is 1.89. The van der Waals surface area contributed by atoms with Crippen molar-refractivity contribution in [2.75, 3.05) is 12.4 Å². The Bertz CT molecular complexity index is 567. The normalized spacial score (nSPS) is 11.7. The molecule has 0 heterocycles. The molecule has 0 aliphatic heterocycles. The molecule has 0 saturated carbocycles. The van der Waals surface area contributed by atoms with E-state index in [0.717, 1.165) is 11.3 Å². The maximum atomic E-state index is 12.2. The number of nitrogens with zero attached hydrogens (tertiary/aromatic N) is 1. The molecule has 20 heavy (non-hydrogen) atoms. The van der Waals surface area contributed by atoms with Gasteiger partial charge in [-0.25, -0.2) is 4.79 Å². The van der Waals surface area contributed by atoms with Crippen molar-refractivity contribution in [1.82, 2.24) is 4.90 Å². The zero-order chi connectivity index (χ0) is 14.5. The van der Waals surface area contributed by atoms with Crippen LogP contribution in [0, 0.1) is 0 Å². The summed E-state index contributed by atoms with van der Waals surface area (Å²) in [7, 11) is 1.75. The smallest absolute Gasteiger partial charge is 0.322 e. The largest absolute Gasteiger partial charge is 0.508 e. The SMILES string of the molecule is CC(c1ccc(O)cc1)N(C)C(=O)Nc1ccccc1. The number of para-hydroxylation sites is 1.